The summed E-state index contributed by atoms with van der Waals surface area (Å²) in [4.78, 5) is 14.4. The van der Waals surface area contributed by atoms with Gasteiger partial charge in [-0.3, -0.25) is 9.97 Å². The topological polar surface area (TPSA) is 43.6 Å². The van der Waals surface area contributed by atoms with Crippen LogP contribution in [0.1, 0.15) is 0 Å². The third kappa shape index (κ3) is 3.98. The molecule has 0 aliphatic rings. The Balaban J connectivity index is 1.21. The number of hydrogen-bond acceptors (Lipinski definition) is 3. The average molecular weight is 599 g/mol. The molecular weight excluding hydrogens is 573 g/mol. The van der Waals surface area contributed by atoms with Gasteiger partial charge in [-0.2, -0.15) is 0 Å². The van der Waals surface area contributed by atoms with Gasteiger partial charge in [-0.15, -0.1) is 0 Å². The summed E-state index contributed by atoms with van der Waals surface area (Å²) in [6.07, 6.45) is 5.65. The Kier molecular flexibility index (Phi) is 5.54. The van der Waals surface area contributed by atoms with E-state index in [4.69, 9.17) is 9.97 Å². The van der Waals surface area contributed by atoms with E-state index in [9.17, 15) is 0 Å². The summed E-state index contributed by atoms with van der Waals surface area (Å²) in [6.45, 7) is 0. The highest BCUT2D eigenvalue weighted by molar-refractivity contribution is 6.25. The number of para-hydroxylation sites is 1. The first-order chi connectivity index (χ1) is 23.3. The molecule has 0 atom stereocenters. The fraction of sp³-hybridized carbons (Fsp3) is 0. The molecule has 0 bridgehead atoms. The summed E-state index contributed by atoms with van der Waals surface area (Å²) in [5.74, 6) is 0. The van der Waals surface area contributed by atoms with Crippen molar-refractivity contribution in [2.24, 2.45) is 0 Å². The minimum absolute atomic E-state index is 0.843. The lowest BCUT2D eigenvalue weighted by molar-refractivity contribution is 1.17. The molecule has 10 rings (SSSR count). The first-order valence-electron chi connectivity index (χ1n) is 15.8. The molecular formula is C43H26N4. The molecule has 47 heavy (non-hydrogen) atoms. The molecule has 4 heterocycles. The zero-order valence-electron chi connectivity index (χ0n) is 25.3. The second-order valence-corrected chi connectivity index (χ2v) is 12.1. The van der Waals surface area contributed by atoms with Crippen molar-refractivity contribution < 1.29 is 0 Å². The summed E-state index contributed by atoms with van der Waals surface area (Å²) in [5.41, 5.74) is 9.25. The van der Waals surface area contributed by atoms with Crippen LogP contribution in [0, 0.1) is 0 Å². The van der Waals surface area contributed by atoms with Gasteiger partial charge in [0.15, 0.2) is 0 Å². The fourth-order valence-electron chi connectivity index (χ4n) is 7.36. The smallest absolute Gasteiger partial charge is 0.0899 e. The highest BCUT2D eigenvalue weighted by Gasteiger charge is 2.17. The zero-order chi connectivity index (χ0) is 30.9. The summed E-state index contributed by atoms with van der Waals surface area (Å²) in [6, 6.07) is 49.7. The first-order valence-corrected chi connectivity index (χ1v) is 15.8. The fourth-order valence-corrected chi connectivity index (χ4v) is 7.36. The Morgan fingerprint density at radius 2 is 1.21 bits per heavy atom. The van der Waals surface area contributed by atoms with Crippen LogP contribution in [0.15, 0.2) is 158 Å². The van der Waals surface area contributed by atoms with Crippen molar-refractivity contribution in [1.29, 1.82) is 0 Å². The van der Waals surface area contributed by atoms with Crippen molar-refractivity contribution in [2.75, 3.05) is 0 Å². The molecule has 6 aromatic carbocycles. The van der Waals surface area contributed by atoms with Crippen molar-refractivity contribution in [3.63, 3.8) is 0 Å². The Labute approximate surface area is 270 Å². The maximum atomic E-state index is 5.26. The van der Waals surface area contributed by atoms with Gasteiger partial charge in [0.2, 0.25) is 0 Å². The predicted octanol–water partition coefficient (Wildman–Crippen LogP) is 10.9. The van der Waals surface area contributed by atoms with E-state index in [1.807, 2.05) is 36.8 Å². The number of nitrogens with zero attached hydrogens (tertiary/aromatic N) is 4. The van der Waals surface area contributed by atoms with Gasteiger partial charge in [0.05, 0.1) is 34.3 Å². The number of fused-ring (bicyclic) bond motifs is 3. The average Bonchev–Trinajstić information content (AvgIpc) is 3.48. The highest BCUT2D eigenvalue weighted by Crippen LogP contribution is 2.40. The van der Waals surface area contributed by atoms with E-state index >= 15 is 0 Å². The predicted molar refractivity (Wildman–Crippen MR) is 194 cm³/mol. The SMILES string of the molecule is c1ccc(-c2cc(-c3cccc(-n4c5ccccc5c5ccncc54)c3)cc(-c3ccc4ccc5cccc6ccc3c4c56)n2)nc1. The quantitative estimate of drug-likeness (QED) is 0.189. The van der Waals surface area contributed by atoms with Crippen LogP contribution in [-0.4, -0.2) is 19.5 Å². The van der Waals surface area contributed by atoms with E-state index in [1.165, 1.54) is 43.1 Å². The van der Waals surface area contributed by atoms with E-state index in [0.29, 0.717) is 0 Å². The molecule has 0 saturated carbocycles. The minimum Gasteiger partial charge on any atom is -0.308 e. The van der Waals surface area contributed by atoms with Gasteiger partial charge in [0.1, 0.15) is 0 Å². The molecule has 0 amide bonds. The van der Waals surface area contributed by atoms with Crippen LogP contribution < -0.4 is 0 Å². The molecule has 0 radical (unpaired) electrons. The van der Waals surface area contributed by atoms with E-state index in [-0.39, 0.29) is 0 Å². The monoisotopic (exact) mass is 598 g/mol. The first kappa shape index (κ1) is 25.9. The Bertz CT molecular complexity index is 2730. The summed E-state index contributed by atoms with van der Waals surface area (Å²) in [5, 5.41) is 9.95. The van der Waals surface area contributed by atoms with Crippen LogP contribution in [0.5, 0.6) is 0 Å². The lowest BCUT2D eigenvalue weighted by Gasteiger charge is -2.16. The molecule has 0 aliphatic carbocycles. The molecule has 4 aromatic heterocycles. The lowest BCUT2D eigenvalue weighted by atomic mass is 9.90. The van der Waals surface area contributed by atoms with Crippen LogP contribution in [0.25, 0.3) is 93.6 Å². The number of pyridine rings is 3. The number of hydrogen-bond donors (Lipinski definition) is 0. The largest absolute Gasteiger partial charge is 0.308 e. The Morgan fingerprint density at radius 1 is 0.447 bits per heavy atom. The third-order valence-corrected chi connectivity index (χ3v) is 9.47. The van der Waals surface area contributed by atoms with E-state index < -0.39 is 0 Å². The normalized spacial score (nSPS) is 11.8. The molecule has 0 spiro atoms. The maximum Gasteiger partial charge on any atom is 0.0899 e. The van der Waals surface area contributed by atoms with E-state index in [1.54, 1.807) is 0 Å². The van der Waals surface area contributed by atoms with Crippen molar-refractivity contribution >= 4 is 54.1 Å². The van der Waals surface area contributed by atoms with Crippen LogP contribution >= 0.6 is 0 Å². The van der Waals surface area contributed by atoms with E-state index in [0.717, 1.165) is 50.5 Å². The molecule has 10 aromatic rings. The molecule has 0 aliphatic heterocycles. The molecule has 4 heteroatoms. The zero-order valence-corrected chi connectivity index (χ0v) is 25.3. The van der Waals surface area contributed by atoms with Crippen LogP contribution in [0.4, 0.5) is 0 Å². The summed E-state index contributed by atoms with van der Waals surface area (Å²) < 4.78 is 2.31. The summed E-state index contributed by atoms with van der Waals surface area (Å²) in [7, 11) is 0. The maximum absolute atomic E-state index is 5.26. The molecule has 0 saturated heterocycles. The van der Waals surface area contributed by atoms with Gasteiger partial charge in [-0.25, -0.2) is 4.98 Å². The Hall–Kier alpha value is -6.39. The number of benzene rings is 6. The van der Waals surface area contributed by atoms with Crippen molar-refractivity contribution in [3.05, 3.63) is 158 Å². The minimum atomic E-state index is 0.843. The number of rotatable bonds is 4. The van der Waals surface area contributed by atoms with Gasteiger partial charge >= 0.3 is 0 Å². The van der Waals surface area contributed by atoms with Crippen molar-refractivity contribution in [1.82, 2.24) is 19.5 Å². The second-order valence-electron chi connectivity index (χ2n) is 12.1. The van der Waals surface area contributed by atoms with E-state index in [2.05, 4.69) is 131 Å². The third-order valence-electron chi connectivity index (χ3n) is 9.47. The van der Waals surface area contributed by atoms with Crippen molar-refractivity contribution in [3.8, 4) is 39.5 Å². The second kappa shape index (κ2) is 10.1. The van der Waals surface area contributed by atoms with Crippen molar-refractivity contribution in [2.45, 2.75) is 0 Å². The van der Waals surface area contributed by atoms with Gasteiger partial charge in [-0.05, 0) is 92.0 Å². The number of aromatic nitrogens is 4. The Morgan fingerprint density at radius 3 is 2.11 bits per heavy atom. The molecule has 4 nitrogen and oxygen atoms in total. The van der Waals surface area contributed by atoms with Gasteiger partial charge in [0, 0.05) is 34.4 Å². The molecule has 0 fully saturated rings. The van der Waals surface area contributed by atoms with Crippen LogP contribution in [0.3, 0.4) is 0 Å². The molecule has 0 unspecified atom stereocenters. The van der Waals surface area contributed by atoms with Gasteiger partial charge < -0.3 is 4.57 Å². The van der Waals surface area contributed by atoms with Gasteiger partial charge in [0.25, 0.3) is 0 Å². The lowest BCUT2D eigenvalue weighted by Crippen LogP contribution is -1.96. The van der Waals surface area contributed by atoms with Crippen LogP contribution in [0.2, 0.25) is 0 Å². The van der Waals surface area contributed by atoms with Crippen LogP contribution in [-0.2, 0) is 0 Å². The summed E-state index contributed by atoms with van der Waals surface area (Å²) >= 11 is 0. The molecule has 218 valence electrons. The van der Waals surface area contributed by atoms with Gasteiger partial charge in [-0.1, -0.05) is 91.0 Å². The standard InChI is InChI=1S/C43H26N4/c1-2-13-40-34(11-1)35-20-22-44-26-41(35)47(40)32-10-6-9-30(23-32)31-24-38(46-39(25-31)37-12-3-4-21-45-37)33-18-16-29-15-14-27-7-5-8-28-17-19-36(33)43(29)42(27)28/h1-26H. The molecule has 0 N–H and O–H groups in total. The highest BCUT2D eigenvalue weighted by atomic mass is 15.0.